The maximum atomic E-state index is 5.89. The zero-order valence-corrected chi connectivity index (χ0v) is 8.31. The molecule has 0 bridgehead atoms. The van der Waals surface area contributed by atoms with Gasteiger partial charge in [0.05, 0.1) is 0 Å². The van der Waals surface area contributed by atoms with Crippen molar-refractivity contribution < 1.29 is 0 Å². The van der Waals surface area contributed by atoms with Gasteiger partial charge in [0.2, 0.25) is 0 Å². The molecule has 2 N–H and O–H groups in total. The van der Waals surface area contributed by atoms with Crippen LogP contribution in [0.4, 0.5) is 5.69 Å². The fraction of sp³-hybridized carbons (Fsp3) is 0.455. The second-order valence-electron chi connectivity index (χ2n) is 3.72. The first-order valence-electron chi connectivity index (χ1n) is 4.39. The van der Waals surface area contributed by atoms with Crippen molar-refractivity contribution in [2.24, 2.45) is 0 Å². The largest absolute Gasteiger partial charge is 0.398 e. The van der Waals surface area contributed by atoms with Crippen LogP contribution in [0.25, 0.3) is 0 Å². The standard InChI is InChI=1S/C11H17N/c1-7(2)10-5-8(3)9(4)6-11(10)12/h5-7H,12H2,1-4H3. The lowest BCUT2D eigenvalue weighted by Crippen LogP contribution is -1.98. The van der Waals surface area contributed by atoms with Gasteiger partial charge < -0.3 is 5.73 Å². The minimum Gasteiger partial charge on any atom is -0.398 e. The Balaban J connectivity index is 3.23. The molecular weight excluding hydrogens is 146 g/mol. The molecule has 1 aromatic rings. The molecular formula is C11H17N. The maximum absolute atomic E-state index is 5.89. The second-order valence-corrected chi connectivity index (χ2v) is 3.72. The van der Waals surface area contributed by atoms with Gasteiger partial charge in [-0.1, -0.05) is 19.9 Å². The quantitative estimate of drug-likeness (QED) is 0.633. The van der Waals surface area contributed by atoms with E-state index in [9.17, 15) is 0 Å². The van der Waals surface area contributed by atoms with E-state index < -0.39 is 0 Å². The van der Waals surface area contributed by atoms with Gasteiger partial charge >= 0.3 is 0 Å². The lowest BCUT2D eigenvalue weighted by molar-refractivity contribution is 0.867. The number of anilines is 1. The van der Waals surface area contributed by atoms with Crippen LogP contribution in [-0.2, 0) is 0 Å². The van der Waals surface area contributed by atoms with Crippen molar-refractivity contribution in [3.05, 3.63) is 28.8 Å². The van der Waals surface area contributed by atoms with E-state index in [0.29, 0.717) is 5.92 Å². The summed E-state index contributed by atoms with van der Waals surface area (Å²) in [7, 11) is 0. The van der Waals surface area contributed by atoms with Gasteiger partial charge in [-0.3, -0.25) is 0 Å². The first kappa shape index (κ1) is 9.11. The third-order valence-electron chi connectivity index (χ3n) is 2.32. The fourth-order valence-electron chi connectivity index (χ4n) is 1.36. The van der Waals surface area contributed by atoms with Gasteiger partial charge in [0.1, 0.15) is 0 Å². The van der Waals surface area contributed by atoms with Crippen LogP contribution in [0.5, 0.6) is 0 Å². The van der Waals surface area contributed by atoms with Gasteiger partial charge in [0.25, 0.3) is 0 Å². The highest BCUT2D eigenvalue weighted by atomic mass is 14.6. The minimum absolute atomic E-state index is 0.518. The monoisotopic (exact) mass is 163 g/mol. The molecule has 0 spiro atoms. The summed E-state index contributed by atoms with van der Waals surface area (Å²) in [5.74, 6) is 0.518. The second kappa shape index (κ2) is 3.18. The SMILES string of the molecule is Cc1cc(N)c(C(C)C)cc1C. The molecule has 0 aliphatic heterocycles. The Bertz CT molecular complexity index is 287. The maximum Gasteiger partial charge on any atom is 0.0352 e. The fourth-order valence-corrected chi connectivity index (χ4v) is 1.36. The van der Waals surface area contributed by atoms with Crippen molar-refractivity contribution in [3.8, 4) is 0 Å². The third-order valence-corrected chi connectivity index (χ3v) is 2.32. The summed E-state index contributed by atoms with van der Waals surface area (Å²) in [6.45, 7) is 8.55. The molecule has 1 heteroatoms. The molecule has 0 unspecified atom stereocenters. The highest BCUT2D eigenvalue weighted by Gasteiger charge is 2.05. The number of hydrogen-bond donors (Lipinski definition) is 1. The van der Waals surface area contributed by atoms with E-state index in [-0.39, 0.29) is 0 Å². The molecule has 0 saturated heterocycles. The first-order valence-corrected chi connectivity index (χ1v) is 4.39. The van der Waals surface area contributed by atoms with E-state index in [1.54, 1.807) is 0 Å². The van der Waals surface area contributed by atoms with Crippen molar-refractivity contribution in [3.63, 3.8) is 0 Å². The van der Waals surface area contributed by atoms with Crippen LogP contribution < -0.4 is 5.73 Å². The number of nitrogens with two attached hydrogens (primary N) is 1. The van der Waals surface area contributed by atoms with Gasteiger partial charge in [0.15, 0.2) is 0 Å². The summed E-state index contributed by atoms with van der Waals surface area (Å²) in [5, 5.41) is 0. The van der Waals surface area contributed by atoms with Gasteiger partial charge in [0, 0.05) is 5.69 Å². The first-order chi connectivity index (χ1) is 5.52. The smallest absolute Gasteiger partial charge is 0.0352 e. The number of rotatable bonds is 1. The Morgan fingerprint density at radius 2 is 1.58 bits per heavy atom. The molecule has 0 atom stereocenters. The average molecular weight is 163 g/mol. The van der Waals surface area contributed by atoms with E-state index in [0.717, 1.165) is 5.69 Å². The predicted molar refractivity (Wildman–Crippen MR) is 54.4 cm³/mol. The summed E-state index contributed by atoms with van der Waals surface area (Å²) >= 11 is 0. The molecule has 1 rings (SSSR count). The summed E-state index contributed by atoms with van der Waals surface area (Å²) in [5.41, 5.74) is 10.7. The van der Waals surface area contributed by atoms with E-state index in [2.05, 4.69) is 39.8 Å². The summed E-state index contributed by atoms with van der Waals surface area (Å²) in [6, 6.07) is 4.25. The van der Waals surface area contributed by atoms with Crippen LogP contribution in [0.2, 0.25) is 0 Å². The molecule has 12 heavy (non-hydrogen) atoms. The van der Waals surface area contributed by atoms with E-state index in [1.807, 2.05) is 0 Å². The van der Waals surface area contributed by atoms with Gasteiger partial charge in [-0.15, -0.1) is 0 Å². The Morgan fingerprint density at radius 3 is 2.08 bits per heavy atom. The number of nitrogen functional groups attached to an aromatic ring is 1. The van der Waals surface area contributed by atoms with Gasteiger partial charge in [-0.05, 0) is 42.5 Å². The molecule has 0 aromatic heterocycles. The minimum atomic E-state index is 0.518. The third kappa shape index (κ3) is 1.60. The predicted octanol–water partition coefficient (Wildman–Crippen LogP) is 3.01. The molecule has 0 heterocycles. The van der Waals surface area contributed by atoms with Crippen molar-refractivity contribution >= 4 is 5.69 Å². The molecule has 0 aliphatic rings. The Hall–Kier alpha value is -0.980. The van der Waals surface area contributed by atoms with Crippen molar-refractivity contribution in [2.75, 3.05) is 5.73 Å². The van der Waals surface area contributed by atoms with Crippen LogP contribution in [0.1, 0.15) is 36.5 Å². The molecule has 66 valence electrons. The summed E-state index contributed by atoms with van der Waals surface area (Å²) in [6.07, 6.45) is 0. The van der Waals surface area contributed by atoms with Gasteiger partial charge in [-0.2, -0.15) is 0 Å². The van der Waals surface area contributed by atoms with Crippen LogP contribution in [0, 0.1) is 13.8 Å². The highest BCUT2D eigenvalue weighted by Crippen LogP contribution is 2.24. The van der Waals surface area contributed by atoms with Crippen molar-refractivity contribution in [1.29, 1.82) is 0 Å². The summed E-state index contributed by atoms with van der Waals surface area (Å²) in [4.78, 5) is 0. The Kier molecular flexibility index (Phi) is 2.41. The number of benzene rings is 1. The Labute approximate surface area is 74.6 Å². The van der Waals surface area contributed by atoms with Crippen molar-refractivity contribution in [2.45, 2.75) is 33.6 Å². The lowest BCUT2D eigenvalue weighted by atomic mass is 9.96. The van der Waals surface area contributed by atoms with Crippen LogP contribution in [0.3, 0.4) is 0 Å². The molecule has 0 saturated carbocycles. The molecule has 1 nitrogen and oxygen atoms in total. The zero-order chi connectivity index (χ0) is 9.30. The van der Waals surface area contributed by atoms with Crippen LogP contribution in [0.15, 0.2) is 12.1 Å². The highest BCUT2D eigenvalue weighted by molar-refractivity contribution is 5.52. The lowest BCUT2D eigenvalue weighted by Gasteiger charge is -2.12. The van der Waals surface area contributed by atoms with E-state index >= 15 is 0 Å². The van der Waals surface area contributed by atoms with Crippen LogP contribution >= 0.6 is 0 Å². The molecule has 0 radical (unpaired) electrons. The normalized spacial score (nSPS) is 10.8. The van der Waals surface area contributed by atoms with Gasteiger partial charge in [-0.25, -0.2) is 0 Å². The van der Waals surface area contributed by atoms with Crippen LogP contribution in [-0.4, -0.2) is 0 Å². The summed E-state index contributed by atoms with van der Waals surface area (Å²) < 4.78 is 0. The average Bonchev–Trinajstić information content (AvgIpc) is 1.96. The molecule has 0 amide bonds. The molecule has 1 aromatic carbocycles. The van der Waals surface area contributed by atoms with E-state index in [1.165, 1.54) is 16.7 Å². The number of aryl methyl sites for hydroxylation is 2. The molecule has 0 fully saturated rings. The topological polar surface area (TPSA) is 26.0 Å². The zero-order valence-electron chi connectivity index (χ0n) is 8.31. The number of hydrogen-bond acceptors (Lipinski definition) is 1. The Morgan fingerprint density at radius 1 is 1.08 bits per heavy atom. The molecule has 0 aliphatic carbocycles. The van der Waals surface area contributed by atoms with Crippen molar-refractivity contribution in [1.82, 2.24) is 0 Å². The van der Waals surface area contributed by atoms with E-state index in [4.69, 9.17) is 5.73 Å².